The lowest BCUT2D eigenvalue weighted by Gasteiger charge is -2.19. The van der Waals surface area contributed by atoms with E-state index in [0.29, 0.717) is 108 Å². The summed E-state index contributed by atoms with van der Waals surface area (Å²) in [6.07, 6.45) is 23.9. The highest BCUT2D eigenvalue weighted by molar-refractivity contribution is 14.1. The van der Waals surface area contributed by atoms with Crippen LogP contribution >= 0.6 is 67.8 Å². The van der Waals surface area contributed by atoms with Crippen LogP contribution in [0.5, 0.6) is 0 Å². The molecular weight excluding hydrogens is 2070 g/mol. The Hall–Kier alpha value is -7.37. The summed E-state index contributed by atoms with van der Waals surface area (Å²) in [5.74, 6) is -1.75. The van der Waals surface area contributed by atoms with Crippen molar-refractivity contribution in [2.45, 2.75) is 341 Å². The summed E-state index contributed by atoms with van der Waals surface area (Å²) >= 11 is 6.63. The van der Waals surface area contributed by atoms with Crippen molar-refractivity contribution in [1.29, 1.82) is 0 Å². The molecule has 0 spiro atoms. The van der Waals surface area contributed by atoms with Crippen LogP contribution in [-0.2, 0) is 57.4 Å². The number of ether oxygens (including phenoxy) is 2. The molecule has 0 fully saturated rings. The van der Waals surface area contributed by atoms with Gasteiger partial charge >= 0.3 is 18.2 Å². The molecule has 0 saturated carbocycles. The second-order valence-corrected chi connectivity index (χ2v) is 40.6. The average Bonchev–Trinajstić information content (AvgIpc) is 1.79. The number of hydrogen-bond donors (Lipinski definition) is 13. The second kappa shape index (κ2) is 78.4. The van der Waals surface area contributed by atoms with Gasteiger partial charge in [0, 0.05) is 142 Å². The second-order valence-electron chi connectivity index (χ2n) is 37.1. The first-order valence-corrected chi connectivity index (χ1v) is 52.4. The normalized spacial score (nSPS) is 13.3. The Bertz CT molecular complexity index is 3880. The van der Waals surface area contributed by atoms with Crippen molar-refractivity contribution in [3.63, 3.8) is 0 Å². The number of alkyl halides is 1. The molecule has 135 heavy (non-hydrogen) atoms. The Kier molecular flexibility index (Phi) is 74.2. The minimum Gasteiger partial charge on any atom is -0.481 e. The van der Waals surface area contributed by atoms with E-state index in [1.165, 1.54) is 0 Å². The van der Waals surface area contributed by atoms with E-state index in [-0.39, 0.29) is 118 Å². The maximum atomic E-state index is 12.6. The summed E-state index contributed by atoms with van der Waals surface area (Å²) in [6.45, 7) is 40.0. The van der Waals surface area contributed by atoms with E-state index in [1.54, 1.807) is 25.1 Å². The van der Waals surface area contributed by atoms with Gasteiger partial charge in [-0.2, -0.15) is 5.26 Å². The molecule has 1 heterocycles. The van der Waals surface area contributed by atoms with Crippen LogP contribution in [0.3, 0.4) is 0 Å². The summed E-state index contributed by atoms with van der Waals surface area (Å²) in [5, 5.41) is 56.8. The molecule has 0 bridgehead atoms. The number of hydrogen-bond acceptors (Lipinski definition) is 19. The number of rotatable bonds is 66. The van der Waals surface area contributed by atoms with Gasteiger partial charge in [-0.1, -0.05) is 159 Å². The summed E-state index contributed by atoms with van der Waals surface area (Å²) < 4.78 is 28.9. The Balaban J connectivity index is 0. The van der Waals surface area contributed by atoms with Gasteiger partial charge in [0.2, 0.25) is 47.3 Å². The zero-order chi connectivity index (χ0) is 103. The van der Waals surface area contributed by atoms with Gasteiger partial charge in [0.25, 0.3) is 5.91 Å². The molecular formula is C99H172FI3N14O18. The van der Waals surface area contributed by atoms with Crippen molar-refractivity contribution in [3.05, 3.63) is 52.7 Å². The largest absolute Gasteiger partial charge is 0.481 e. The number of aromatic nitrogens is 3. The van der Waals surface area contributed by atoms with Gasteiger partial charge < -0.3 is 73.1 Å². The number of aliphatic carboxylic acids is 1. The van der Waals surface area contributed by atoms with E-state index >= 15 is 0 Å². The summed E-state index contributed by atoms with van der Waals surface area (Å²) in [4.78, 5) is 164. The Morgan fingerprint density at radius 2 is 0.637 bits per heavy atom. The van der Waals surface area contributed by atoms with Crippen LogP contribution in [-0.4, -0.2) is 193 Å². The zero-order valence-electron chi connectivity index (χ0n) is 85.6. The van der Waals surface area contributed by atoms with Gasteiger partial charge in [-0.15, -0.1) is 5.10 Å². The number of para-hydroxylation sites is 1. The molecule has 0 saturated heterocycles. The third kappa shape index (κ3) is 66.8. The predicted molar refractivity (Wildman–Crippen MR) is 557 cm³/mol. The minimum atomic E-state index is -1.00. The number of Topliss-reactive ketones (excluding diaryl/α,β-unsaturated/α-hetero) is 1. The maximum Gasteiger partial charge on any atom is 0.407 e. The highest BCUT2D eigenvalue weighted by atomic mass is 127. The molecule has 1 aromatic heterocycles. The number of nitrogens with one attached hydrogen (secondary N) is 11. The molecule has 0 aliphatic heterocycles. The van der Waals surface area contributed by atoms with Crippen LogP contribution in [0.25, 0.3) is 11.0 Å². The van der Waals surface area contributed by atoms with Crippen molar-refractivity contribution >= 4 is 156 Å². The molecule has 10 atom stereocenters. The molecule has 32 nitrogen and oxygen atoms in total. The molecule has 36 heteroatoms. The summed E-state index contributed by atoms with van der Waals surface area (Å²) in [5.41, 5.74) is 0.933. The van der Waals surface area contributed by atoms with Crippen molar-refractivity contribution in [3.8, 4) is 0 Å². The maximum absolute atomic E-state index is 12.6. The van der Waals surface area contributed by atoms with E-state index in [0.717, 1.165) is 202 Å². The number of amides is 11. The van der Waals surface area contributed by atoms with E-state index in [1.807, 2.05) is 136 Å². The SMILES string of the molecule is CC.C[C@@H](CCCCNC(=O)[C@@H](C)CCCCNC(=O)[C@@H](C)CCCCNC(=O)[C@@H](C)CCCCNC(=O)[C@@H](C)CCCCNC(=O)OC(C)(C)C)C(=O)CCCNC(=O)c1cc(I)cc(I)c1I.C[C@@H](CCCCNC(=O)[C@@H](C)CCCCNC(=O)[C@@H](C)CCCCNC(=O)[C@@H](C)CCCCNC(=O)[C@@H](C)CCCCNC(=O)OC(C)(C)C)C(=O)O.OOn1nnc2ccccc21.[2H]CF. The van der Waals surface area contributed by atoms with Crippen LogP contribution in [0.2, 0.25) is 0 Å². The number of alkyl carbamates (subject to hydrolysis) is 2. The van der Waals surface area contributed by atoms with Gasteiger partial charge in [-0.25, -0.2) is 14.6 Å². The third-order valence-electron chi connectivity index (χ3n) is 22.4. The molecule has 3 aromatic rings. The van der Waals surface area contributed by atoms with Gasteiger partial charge in [0.15, 0.2) is 0 Å². The fraction of sp³-hybridized carbons (Fsp3) is 0.747. The smallest absolute Gasteiger partial charge is 0.407 e. The summed E-state index contributed by atoms with van der Waals surface area (Å²) in [7, 11) is -1.00. The van der Waals surface area contributed by atoms with Crippen molar-refractivity contribution in [2.75, 3.05) is 79.1 Å². The standard InChI is InChI=1S/C50H83I3N6O8.C40H75N5O8.C6H5N3O2.C2H6.CH3F/c1-34(42(60)25-19-31-58-48(65)40-32-39(51)33-41(52)43(40)53)20-9-14-26-54-44(61)35(2)21-10-15-27-55-45(62)36(3)22-11-16-28-56-46(63)37(4)23-12-17-29-57-47(64)38(5)24-13-18-30-59-49(66)67-50(6,7)8;1-29(34(46)42-25-15-11-21-31(3)36(48)44-27-17-13-23-33(5)38(50)51)19-9-14-24-41-35(47)30(2)20-10-16-26-43-37(49)32(4)22-12-18-28-45-39(52)53-40(6,7)8;10-11-9-6-4-2-1-3-5(6)7-8-9;2*1-2/h32-38H,9-31H2,1-8H3,(H,54,61)(H,55,62)(H,56,63)(H,57,64)(H,58,65)(H,59,66);29-33H,9-28H2,1-8H3,(H,41,47)(H,42,46)(H,43,49)(H,44,48)(H,45,52)(H,50,51);1-4,10H;1-2H3;1H3/t34-,35-,36-,37-,38-;29-,30-,31-,32-,33-;;;/m00.../s1/i;;;;1D. The van der Waals surface area contributed by atoms with Gasteiger partial charge in [0.1, 0.15) is 28.0 Å². The number of carboxylic acid groups (broad SMARTS) is 1. The first-order valence-electron chi connectivity index (χ1n) is 49.9. The number of fused-ring (bicyclic) bond motifs is 1. The third-order valence-corrected chi connectivity index (χ3v) is 26.1. The number of benzene rings is 2. The number of carbonyl (C=O) groups is 13. The number of carboxylic acids is 1. The van der Waals surface area contributed by atoms with E-state index in [2.05, 4.69) is 142 Å². The van der Waals surface area contributed by atoms with Crippen LogP contribution < -0.4 is 63.5 Å². The zero-order valence-corrected chi connectivity index (χ0v) is 91.1. The highest BCUT2D eigenvalue weighted by Crippen LogP contribution is 2.24. The quantitative estimate of drug-likeness (QED) is 0.00820. The van der Waals surface area contributed by atoms with E-state index in [9.17, 15) is 66.7 Å². The molecule has 11 amide bonds. The number of nitrogens with zero attached hydrogens (tertiary/aromatic N) is 3. The number of unbranched alkanes of at least 4 members (excludes halogenated alkanes) is 10. The Morgan fingerprint density at radius 1 is 0.385 bits per heavy atom. The fourth-order valence-electron chi connectivity index (χ4n) is 13.6. The lowest BCUT2D eigenvalue weighted by atomic mass is 9.96. The molecule has 0 aliphatic rings. The molecule has 0 aliphatic carbocycles. The molecule has 2 aromatic carbocycles. The van der Waals surface area contributed by atoms with E-state index < -0.39 is 36.5 Å². The molecule has 774 valence electrons. The van der Waals surface area contributed by atoms with Crippen molar-refractivity contribution in [2.24, 2.45) is 59.2 Å². The molecule has 0 radical (unpaired) electrons. The lowest BCUT2D eigenvalue weighted by molar-refractivity contribution is -0.250. The van der Waals surface area contributed by atoms with Gasteiger partial charge in [-0.05, 0) is 278 Å². The fourth-order valence-corrected chi connectivity index (χ4v) is 16.0. The summed E-state index contributed by atoms with van der Waals surface area (Å²) in [6, 6.07) is 11.1. The predicted octanol–water partition coefficient (Wildman–Crippen LogP) is 17.6. The average molecular weight is 2250 g/mol. The topological polar surface area (TPSA) is 453 Å². The first-order chi connectivity index (χ1) is 64.4. The van der Waals surface area contributed by atoms with Crippen LogP contribution in [0.1, 0.15) is 342 Å². The number of ketones is 1. The molecule has 0 unspecified atom stereocenters. The van der Waals surface area contributed by atoms with Crippen LogP contribution in [0.4, 0.5) is 14.0 Å². The number of halogens is 4. The molecule has 3 rings (SSSR count). The monoisotopic (exact) mass is 2250 g/mol. The van der Waals surface area contributed by atoms with Gasteiger partial charge in [0.05, 0.1) is 20.0 Å². The first kappa shape index (κ1) is 128. The van der Waals surface area contributed by atoms with E-state index in [4.69, 9.17) is 21.2 Å². The number of carbonyl (C=O) groups excluding carboxylic acids is 12. The van der Waals surface area contributed by atoms with Crippen LogP contribution in [0.15, 0.2) is 36.4 Å². The minimum absolute atomic E-state index is 0.0137. The van der Waals surface area contributed by atoms with Gasteiger partial charge in [-0.3, -0.25) is 57.1 Å². The van der Waals surface area contributed by atoms with Crippen molar-refractivity contribution in [1.82, 2.24) is 73.6 Å². The highest BCUT2D eigenvalue weighted by Gasteiger charge is 2.24. The molecule has 13 N–H and O–H groups in total. The Labute approximate surface area is 848 Å². The lowest BCUT2D eigenvalue weighted by Crippen LogP contribution is -2.33. The van der Waals surface area contributed by atoms with Crippen molar-refractivity contribution < 1.29 is 92.9 Å². The van der Waals surface area contributed by atoms with Crippen LogP contribution in [0, 0.1) is 69.9 Å². The Morgan fingerprint density at radius 3 is 0.904 bits per heavy atom.